The van der Waals surface area contributed by atoms with Crippen LogP contribution in [0.4, 0.5) is 10.5 Å². The number of ether oxygens (including phenoxy) is 1. The fourth-order valence-electron chi connectivity index (χ4n) is 1.63. The van der Waals surface area contributed by atoms with Crippen LogP contribution >= 0.6 is 0 Å². The van der Waals surface area contributed by atoms with Crippen LogP contribution in [0, 0.1) is 0 Å². The van der Waals surface area contributed by atoms with E-state index in [4.69, 9.17) is 4.74 Å². The summed E-state index contributed by atoms with van der Waals surface area (Å²) in [6, 6.07) is 4.87. The number of hydrogen-bond acceptors (Lipinski definition) is 4. The lowest BCUT2D eigenvalue weighted by atomic mass is 10.1. The summed E-state index contributed by atoms with van der Waals surface area (Å²) in [5.74, 6) is -0.0286. The molecule has 3 N–H and O–H groups in total. The number of nitrogens with zero attached hydrogens (tertiary/aromatic N) is 1. The predicted octanol–water partition coefficient (Wildman–Crippen LogP) is 3.13. The van der Waals surface area contributed by atoms with Crippen molar-refractivity contribution >= 4 is 11.8 Å². The van der Waals surface area contributed by atoms with Gasteiger partial charge in [0.05, 0.1) is 23.9 Å². The number of amides is 1. The van der Waals surface area contributed by atoms with E-state index in [1.807, 2.05) is 0 Å². The molecule has 0 radical (unpaired) electrons. The number of benzene rings is 1. The molecule has 0 aliphatic carbocycles. The Hall–Kier alpha value is -2.50. The van der Waals surface area contributed by atoms with Crippen LogP contribution in [0.1, 0.15) is 20.8 Å². The number of carbonyl (C=O) groups excluding carboxylic acids is 1. The van der Waals surface area contributed by atoms with Gasteiger partial charge in [-0.15, -0.1) is 0 Å². The Labute approximate surface area is 116 Å². The number of aromatic hydroxyl groups is 1. The summed E-state index contributed by atoms with van der Waals surface area (Å²) < 4.78 is 5.15. The molecule has 20 heavy (non-hydrogen) atoms. The standard InChI is InChI=1S/C14H17N3O3/c1-14(2,3)20-13(19)17-10-6-9(4-5-12(10)18)11-7-15-8-16-11/h4-8,18H,1-3H3,(H,15,16)(H,17,19). The smallest absolute Gasteiger partial charge is 0.412 e. The van der Waals surface area contributed by atoms with Crippen molar-refractivity contribution in [1.29, 1.82) is 0 Å². The Balaban J connectivity index is 2.19. The first-order valence-corrected chi connectivity index (χ1v) is 6.17. The average Bonchev–Trinajstić information content (AvgIpc) is 2.83. The lowest BCUT2D eigenvalue weighted by Crippen LogP contribution is -2.27. The summed E-state index contributed by atoms with van der Waals surface area (Å²) in [6.45, 7) is 5.31. The fourth-order valence-corrected chi connectivity index (χ4v) is 1.63. The summed E-state index contributed by atoms with van der Waals surface area (Å²) in [5.41, 5.74) is 1.27. The molecule has 0 atom stereocenters. The summed E-state index contributed by atoms with van der Waals surface area (Å²) in [7, 11) is 0. The molecule has 0 aliphatic rings. The molecule has 2 aromatic rings. The van der Waals surface area contributed by atoms with Gasteiger partial charge in [-0.3, -0.25) is 5.32 Å². The molecule has 1 amide bonds. The molecule has 0 fully saturated rings. The van der Waals surface area contributed by atoms with Gasteiger partial charge in [-0.2, -0.15) is 0 Å². The summed E-state index contributed by atoms with van der Waals surface area (Å²) in [5, 5.41) is 12.3. The summed E-state index contributed by atoms with van der Waals surface area (Å²) >= 11 is 0. The average molecular weight is 275 g/mol. The minimum absolute atomic E-state index is 0.0286. The Bertz CT molecular complexity index is 601. The molecule has 106 valence electrons. The lowest BCUT2D eigenvalue weighted by Gasteiger charge is -2.20. The minimum Gasteiger partial charge on any atom is -0.506 e. The van der Waals surface area contributed by atoms with Gasteiger partial charge in [0.1, 0.15) is 11.4 Å². The monoisotopic (exact) mass is 275 g/mol. The zero-order valence-corrected chi connectivity index (χ0v) is 11.6. The van der Waals surface area contributed by atoms with E-state index < -0.39 is 11.7 Å². The maximum atomic E-state index is 11.7. The van der Waals surface area contributed by atoms with E-state index >= 15 is 0 Å². The van der Waals surface area contributed by atoms with Crippen molar-refractivity contribution in [2.24, 2.45) is 0 Å². The van der Waals surface area contributed by atoms with Crippen molar-refractivity contribution < 1.29 is 14.6 Å². The van der Waals surface area contributed by atoms with Crippen molar-refractivity contribution in [3.05, 3.63) is 30.7 Å². The molecule has 0 spiro atoms. The summed E-state index contributed by atoms with van der Waals surface area (Å²) in [4.78, 5) is 18.6. The second-order valence-electron chi connectivity index (χ2n) is 5.32. The van der Waals surface area contributed by atoms with Gasteiger partial charge in [0.15, 0.2) is 0 Å². The third-order valence-electron chi connectivity index (χ3n) is 2.44. The number of phenols is 1. The Morgan fingerprint density at radius 3 is 2.75 bits per heavy atom. The normalized spacial score (nSPS) is 11.2. The van der Waals surface area contributed by atoms with E-state index in [1.165, 1.54) is 6.07 Å². The predicted molar refractivity (Wildman–Crippen MR) is 75.5 cm³/mol. The van der Waals surface area contributed by atoms with Crippen LogP contribution in [0.2, 0.25) is 0 Å². The molecule has 0 unspecified atom stereocenters. The molecule has 0 bridgehead atoms. The molecule has 0 saturated carbocycles. The Kier molecular flexibility index (Phi) is 3.65. The van der Waals surface area contributed by atoms with Crippen molar-refractivity contribution in [2.75, 3.05) is 5.32 Å². The maximum absolute atomic E-state index is 11.7. The van der Waals surface area contributed by atoms with Crippen LogP contribution < -0.4 is 5.32 Å². The van der Waals surface area contributed by atoms with Gasteiger partial charge in [-0.25, -0.2) is 9.78 Å². The van der Waals surface area contributed by atoms with Crippen molar-refractivity contribution in [1.82, 2.24) is 9.97 Å². The SMILES string of the molecule is CC(C)(C)OC(=O)Nc1cc(-c2cnc[nH]2)ccc1O. The molecular formula is C14H17N3O3. The maximum Gasteiger partial charge on any atom is 0.412 e. The first-order valence-electron chi connectivity index (χ1n) is 6.17. The van der Waals surface area contributed by atoms with Gasteiger partial charge >= 0.3 is 6.09 Å². The van der Waals surface area contributed by atoms with Crippen molar-refractivity contribution in [2.45, 2.75) is 26.4 Å². The lowest BCUT2D eigenvalue weighted by molar-refractivity contribution is 0.0635. The van der Waals surface area contributed by atoms with Crippen LogP contribution in [-0.4, -0.2) is 26.8 Å². The first-order chi connectivity index (χ1) is 9.35. The van der Waals surface area contributed by atoms with E-state index in [0.717, 1.165) is 11.3 Å². The highest BCUT2D eigenvalue weighted by Gasteiger charge is 2.17. The van der Waals surface area contributed by atoms with Crippen LogP contribution in [0.3, 0.4) is 0 Å². The quantitative estimate of drug-likeness (QED) is 0.735. The largest absolute Gasteiger partial charge is 0.506 e. The van der Waals surface area contributed by atoms with E-state index in [2.05, 4.69) is 15.3 Å². The molecular weight excluding hydrogens is 258 g/mol. The summed E-state index contributed by atoms with van der Waals surface area (Å²) in [6.07, 6.45) is 2.60. The van der Waals surface area contributed by atoms with Gasteiger partial charge in [-0.1, -0.05) is 0 Å². The van der Waals surface area contributed by atoms with Crippen molar-refractivity contribution in [3.8, 4) is 17.0 Å². The molecule has 6 nitrogen and oxygen atoms in total. The first kappa shape index (κ1) is 13.9. The molecule has 0 saturated heterocycles. The number of rotatable bonds is 2. The van der Waals surface area contributed by atoms with E-state index in [9.17, 15) is 9.90 Å². The van der Waals surface area contributed by atoms with Gasteiger partial charge < -0.3 is 14.8 Å². The molecule has 1 aromatic heterocycles. The van der Waals surface area contributed by atoms with Crippen LogP contribution in [0.15, 0.2) is 30.7 Å². The highest BCUT2D eigenvalue weighted by atomic mass is 16.6. The van der Waals surface area contributed by atoms with E-state index in [-0.39, 0.29) is 11.4 Å². The van der Waals surface area contributed by atoms with Gasteiger partial charge in [0.2, 0.25) is 0 Å². The van der Waals surface area contributed by atoms with Crippen LogP contribution in [0.25, 0.3) is 11.3 Å². The minimum atomic E-state index is -0.616. The number of H-pyrrole nitrogens is 1. The number of imidazole rings is 1. The number of aromatic nitrogens is 2. The van der Waals surface area contributed by atoms with E-state index in [1.54, 1.807) is 45.4 Å². The second kappa shape index (κ2) is 5.24. The zero-order valence-electron chi connectivity index (χ0n) is 11.6. The number of anilines is 1. The van der Waals surface area contributed by atoms with Crippen LogP contribution in [0.5, 0.6) is 5.75 Å². The zero-order chi connectivity index (χ0) is 14.8. The number of aromatic amines is 1. The highest BCUT2D eigenvalue weighted by molar-refractivity contribution is 5.88. The van der Waals surface area contributed by atoms with Gasteiger partial charge in [0.25, 0.3) is 0 Å². The highest BCUT2D eigenvalue weighted by Crippen LogP contribution is 2.29. The van der Waals surface area contributed by atoms with Crippen molar-refractivity contribution in [3.63, 3.8) is 0 Å². The van der Waals surface area contributed by atoms with Crippen LogP contribution in [-0.2, 0) is 4.74 Å². The van der Waals surface area contributed by atoms with Gasteiger partial charge in [-0.05, 0) is 39.0 Å². The Morgan fingerprint density at radius 1 is 1.40 bits per heavy atom. The molecule has 6 heteroatoms. The third kappa shape index (κ3) is 3.50. The molecule has 2 rings (SSSR count). The molecule has 1 aromatic carbocycles. The number of carbonyl (C=O) groups is 1. The number of hydrogen-bond donors (Lipinski definition) is 3. The number of phenolic OH excluding ortho intramolecular Hbond substituents is 1. The number of nitrogens with one attached hydrogen (secondary N) is 2. The fraction of sp³-hybridized carbons (Fsp3) is 0.286. The van der Waals surface area contributed by atoms with Gasteiger partial charge in [0, 0.05) is 5.56 Å². The van der Waals surface area contributed by atoms with E-state index in [0.29, 0.717) is 0 Å². The molecule has 1 heterocycles. The molecule has 0 aliphatic heterocycles. The Morgan fingerprint density at radius 2 is 2.15 bits per heavy atom. The third-order valence-corrected chi connectivity index (χ3v) is 2.44. The topological polar surface area (TPSA) is 87.2 Å². The second-order valence-corrected chi connectivity index (χ2v) is 5.32.